The Kier molecular flexibility index (Phi) is 3.15. The lowest BCUT2D eigenvalue weighted by Gasteiger charge is -2.06. The van der Waals surface area contributed by atoms with E-state index in [0.29, 0.717) is 0 Å². The van der Waals surface area contributed by atoms with Gasteiger partial charge >= 0.3 is 0 Å². The molecule has 108 valence electrons. The van der Waals surface area contributed by atoms with Crippen LogP contribution < -0.4 is 10.5 Å². The average Bonchev–Trinajstić information content (AvgIpc) is 2.89. The number of benzene rings is 1. The topological polar surface area (TPSA) is 89.5 Å². The highest BCUT2D eigenvalue weighted by atomic mass is 32.2. The number of nitrogens with two attached hydrogens (primary N) is 1. The number of imidazole rings is 1. The molecule has 0 aliphatic heterocycles. The van der Waals surface area contributed by atoms with Gasteiger partial charge in [-0.05, 0) is 24.3 Å². The lowest BCUT2D eigenvalue weighted by molar-refractivity contribution is 0.598. The number of anilines is 1. The molecular formula is C14H14N4O2S. The minimum absolute atomic E-state index is 0.0831. The van der Waals surface area contributed by atoms with Crippen LogP contribution in [0.5, 0.6) is 0 Å². The fourth-order valence-electron chi connectivity index (χ4n) is 2.17. The third kappa shape index (κ3) is 2.48. The van der Waals surface area contributed by atoms with Gasteiger partial charge in [0, 0.05) is 18.8 Å². The summed E-state index contributed by atoms with van der Waals surface area (Å²) in [7, 11) is -1.89. The standard InChI is InChI=1S/C14H14N4O2S/c1-16-11-5-6-14-17-8-13(18(14)9-11)10-3-2-4-12(7-10)21(15,19)20/h2-9,16H,1H3,(H2,15,19,20). The van der Waals surface area contributed by atoms with Crippen LogP contribution >= 0.6 is 0 Å². The zero-order valence-electron chi connectivity index (χ0n) is 11.3. The van der Waals surface area contributed by atoms with Crippen molar-refractivity contribution in [2.45, 2.75) is 4.90 Å². The van der Waals surface area contributed by atoms with Crippen LogP contribution in [0.3, 0.4) is 0 Å². The molecule has 0 aliphatic carbocycles. The van der Waals surface area contributed by atoms with Crippen molar-refractivity contribution in [3.63, 3.8) is 0 Å². The maximum Gasteiger partial charge on any atom is 0.238 e. The molecule has 6 nitrogen and oxygen atoms in total. The highest BCUT2D eigenvalue weighted by molar-refractivity contribution is 7.89. The Morgan fingerprint density at radius 2 is 2.05 bits per heavy atom. The third-order valence-electron chi connectivity index (χ3n) is 3.25. The van der Waals surface area contributed by atoms with Crippen LogP contribution in [0.1, 0.15) is 0 Å². The van der Waals surface area contributed by atoms with E-state index in [-0.39, 0.29) is 4.90 Å². The van der Waals surface area contributed by atoms with E-state index in [4.69, 9.17) is 5.14 Å². The van der Waals surface area contributed by atoms with Gasteiger partial charge in [0.1, 0.15) is 5.65 Å². The van der Waals surface area contributed by atoms with E-state index in [1.165, 1.54) is 6.07 Å². The Morgan fingerprint density at radius 3 is 2.76 bits per heavy atom. The molecule has 1 aromatic carbocycles. The fourth-order valence-corrected chi connectivity index (χ4v) is 2.73. The van der Waals surface area contributed by atoms with Gasteiger partial charge in [-0.1, -0.05) is 12.1 Å². The maximum atomic E-state index is 11.5. The van der Waals surface area contributed by atoms with Crippen LogP contribution in [0.2, 0.25) is 0 Å². The zero-order valence-corrected chi connectivity index (χ0v) is 12.1. The minimum atomic E-state index is -3.72. The van der Waals surface area contributed by atoms with Crippen molar-refractivity contribution in [3.05, 3.63) is 48.8 Å². The molecule has 2 heterocycles. The maximum absolute atomic E-state index is 11.5. The predicted molar refractivity (Wildman–Crippen MR) is 81.5 cm³/mol. The minimum Gasteiger partial charge on any atom is -0.387 e. The molecule has 0 radical (unpaired) electrons. The smallest absolute Gasteiger partial charge is 0.238 e. The summed E-state index contributed by atoms with van der Waals surface area (Å²) < 4.78 is 24.8. The fraction of sp³-hybridized carbons (Fsp3) is 0.0714. The number of nitrogens with one attached hydrogen (secondary N) is 1. The SMILES string of the molecule is CNc1ccc2ncc(-c3cccc(S(N)(=O)=O)c3)n2c1. The molecular weight excluding hydrogens is 288 g/mol. The van der Waals surface area contributed by atoms with Crippen molar-refractivity contribution in [1.82, 2.24) is 9.38 Å². The molecule has 2 aromatic heterocycles. The summed E-state index contributed by atoms with van der Waals surface area (Å²) in [6.07, 6.45) is 3.61. The molecule has 0 atom stereocenters. The van der Waals surface area contributed by atoms with Gasteiger partial charge in [-0.15, -0.1) is 0 Å². The van der Waals surface area contributed by atoms with Crippen LogP contribution in [0.15, 0.2) is 53.7 Å². The molecule has 3 rings (SSSR count). The molecule has 0 bridgehead atoms. The number of hydrogen-bond acceptors (Lipinski definition) is 4. The Bertz CT molecular complexity index is 916. The Morgan fingerprint density at radius 1 is 1.24 bits per heavy atom. The summed E-state index contributed by atoms with van der Waals surface area (Å²) in [5.41, 5.74) is 3.25. The van der Waals surface area contributed by atoms with Gasteiger partial charge in [-0.2, -0.15) is 0 Å². The molecule has 3 N–H and O–H groups in total. The van der Waals surface area contributed by atoms with Gasteiger partial charge in [0.25, 0.3) is 0 Å². The van der Waals surface area contributed by atoms with Gasteiger partial charge in [0.2, 0.25) is 10.0 Å². The first-order chi connectivity index (χ1) is 9.99. The molecule has 0 saturated heterocycles. The molecule has 0 spiro atoms. The number of primary sulfonamides is 1. The number of nitrogens with zero attached hydrogens (tertiary/aromatic N) is 2. The van der Waals surface area contributed by atoms with Crippen LogP contribution in [-0.2, 0) is 10.0 Å². The first kappa shape index (κ1) is 13.6. The van der Waals surface area contributed by atoms with E-state index in [1.54, 1.807) is 18.3 Å². The molecule has 3 aromatic rings. The summed E-state index contributed by atoms with van der Waals surface area (Å²) in [6.45, 7) is 0. The second kappa shape index (κ2) is 4.87. The molecule has 21 heavy (non-hydrogen) atoms. The van der Waals surface area contributed by atoms with Crippen molar-refractivity contribution in [1.29, 1.82) is 0 Å². The molecule has 0 fully saturated rings. The summed E-state index contributed by atoms with van der Waals surface area (Å²) in [5.74, 6) is 0. The van der Waals surface area contributed by atoms with Crippen LogP contribution in [0.4, 0.5) is 5.69 Å². The number of aromatic nitrogens is 2. The van der Waals surface area contributed by atoms with Crippen molar-refractivity contribution in [2.75, 3.05) is 12.4 Å². The van der Waals surface area contributed by atoms with Gasteiger partial charge in [-0.25, -0.2) is 18.5 Å². The predicted octanol–water partition coefficient (Wildman–Crippen LogP) is 1.69. The third-order valence-corrected chi connectivity index (χ3v) is 4.16. The van der Waals surface area contributed by atoms with Gasteiger partial charge in [-0.3, -0.25) is 4.40 Å². The molecule has 0 unspecified atom stereocenters. The van der Waals surface area contributed by atoms with Crippen LogP contribution in [0, 0.1) is 0 Å². The van der Waals surface area contributed by atoms with Crippen LogP contribution in [0.25, 0.3) is 16.9 Å². The average molecular weight is 302 g/mol. The highest BCUT2D eigenvalue weighted by Crippen LogP contribution is 2.24. The summed E-state index contributed by atoms with van der Waals surface area (Å²) in [6, 6.07) is 10.3. The Labute approximate surface area is 122 Å². The second-order valence-corrected chi connectivity index (χ2v) is 6.17. The number of fused-ring (bicyclic) bond motifs is 1. The largest absolute Gasteiger partial charge is 0.387 e. The zero-order chi connectivity index (χ0) is 15.0. The summed E-state index contributed by atoms with van der Waals surface area (Å²) >= 11 is 0. The van der Waals surface area contributed by atoms with E-state index in [0.717, 1.165) is 22.6 Å². The molecule has 0 aliphatic rings. The van der Waals surface area contributed by atoms with Gasteiger partial charge in [0.05, 0.1) is 22.5 Å². The first-order valence-corrected chi connectivity index (χ1v) is 7.82. The number of rotatable bonds is 3. The van der Waals surface area contributed by atoms with Crippen molar-refractivity contribution < 1.29 is 8.42 Å². The van der Waals surface area contributed by atoms with Gasteiger partial charge in [0.15, 0.2) is 0 Å². The summed E-state index contributed by atoms with van der Waals surface area (Å²) in [4.78, 5) is 4.40. The highest BCUT2D eigenvalue weighted by Gasteiger charge is 2.11. The number of sulfonamides is 1. The van der Waals surface area contributed by atoms with E-state index >= 15 is 0 Å². The van der Waals surface area contributed by atoms with Crippen LogP contribution in [-0.4, -0.2) is 24.9 Å². The van der Waals surface area contributed by atoms with Crippen molar-refractivity contribution in [3.8, 4) is 11.3 Å². The molecule has 0 saturated carbocycles. The molecule has 0 amide bonds. The van der Waals surface area contributed by atoms with E-state index in [2.05, 4.69) is 10.3 Å². The van der Waals surface area contributed by atoms with E-state index < -0.39 is 10.0 Å². The van der Waals surface area contributed by atoms with E-state index in [1.807, 2.05) is 35.8 Å². The summed E-state index contributed by atoms with van der Waals surface area (Å²) in [5, 5.41) is 8.24. The number of hydrogen-bond donors (Lipinski definition) is 2. The normalized spacial score (nSPS) is 11.7. The van der Waals surface area contributed by atoms with Crippen molar-refractivity contribution in [2.24, 2.45) is 5.14 Å². The van der Waals surface area contributed by atoms with Crippen molar-refractivity contribution >= 4 is 21.4 Å². The second-order valence-electron chi connectivity index (χ2n) is 4.61. The number of pyridine rings is 1. The quantitative estimate of drug-likeness (QED) is 0.770. The lowest BCUT2D eigenvalue weighted by atomic mass is 10.2. The van der Waals surface area contributed by atoms with Gasteiger partial charge < -0.3 is 5.32 Å². The molecule has 7 heteroatoms. The Hall–Kier alpha value is -2.38. The van der Waals surface area contributed by atoms with E-state index in [9.17, 15) is 8.42 Å². The first-order valence-electron chi connectivity index (χ1n) is 6.27. The lowest BCUT2D eigenvalue weighted by Crippen LogP contribution is -2.12. The Balaban J connectivity index is 2.21. The monoisotopic (exact) mass is 302 g/mol.